The van der Waals surface area contributed by atoms with Crippen molar-refractivity contribution in [3.05, 3.63) is 33.0 Å². The van der Waals surface area contributed by atoms with Crippen LogP contribution in [0.1, 0.15) is 41.0 Å². The van der Waals surface area contributed by atoms with E-state index in [0.29, 0.717) is 29.5 Å². The Hall–Kier alpha value is -1.93. The van der Waals surface area contributed by atoms with E-state index in [0.717, 1.165) is 10.6 Å². The fourth-order valence-electron chi connectivity index (χ4n) is 2.39. The van der Waals surface area contributed by atoms with E-state index < -0.39 is 0 Å². The molecule has 0 saturated heterocycles. The third-order valence-corrected chi connectivity index (χ3v) is 5.33. The highest BCUT2D eigenvalue weighted by molar-refractivity contribution is 7.16. The molecule has 0 radical (unpaired) electrons. The van der Waals surface area contributed by atoms with E-state index >= 15 is 0 Å². The highest BCUT2D eigenvalue weighted by Gasteiger charge is 2.26. The van der Waals surface area contributed by atoms with E-state index in [1.54, 1.807) is 11.0 Å². The number of nitrogens with zero attached hydrogens (tertiary/aromatic N) is 2. The van der Waals surface area contributed by atoms with Crippen molar-refractivity contribution in [1.29, 1.82) is 0 Å². The standard InChI is InChI=1S/C16H20N4O2S2/c1-16(2,3)19-15(22)20-7-6-10-12(9-20)24-14(17-10)18-13(21)11-5-4-8-23-11/h4-5,8H,6-7,9H2,1-3H3,(H,19,22)(H,17,18,21). The Morgan fingerprint density at radius 1 is 1.33 bits per heavy atom. The summed E-state index contributed by atoms with van der Waals surface area (Å²) in [5.74, 6) is -0.140. The van der Waals surface area contributed by atoms with Gasteiger partial charge in [0.05, 0.1) is 17.1 Å². The summed E-state index contributed by atoms with van der Waals surface area (Å²) in [5.41, 5.74) is 0.714. The number of hydrogen-bond donors (Lipinski definition) is 2. The molecule has 3 amide bonds. The van der Waals surface area contributed by atoms with Crippen molar-refractivity contribution < 1.29 is 9.59 Å². The molecule has 3 heterocycles. The quantitative estimate of drug-likeness (QED) is 0.858. The van der Waals surface area contributed by atoms with Crippen molar-refractivity contribution in [1.82, 2.24) is 15.2 Å². The highest BCUT2D eigenvalue weighted by atomic mass is 32.1. The lowest BCUT2D eigenvalue weighted by Crippen LogP contribution is -2.49. The molecule has 1 aliphatic rings. The van der Waals surface area contributed by atoms with Crippen molar-refractivity contribution in [2.24, 2.45) is 0 Å². The molecule has 6 nitrogen and oxygen atoms in total. The van der Waals surface area contributed by atoms with E-state index in [1.807, 2.05) is 32.2 Å². The zero-order valence-electron chi connectivity index (χ0n) is 13.9. The van der Waals surface area contributed by atoms with Crippen molar-refractivity contribution in [3.8, 4) is 0 Å². The van der Waals surface area contributed by atoms with Crippen LogP contribution in [-0.4, -0.2) is 33.9 Å². The first-order valence-electron chi connectivity index (χ1n) is 7.72. The van der Waals surface area contributed by atoms with Gasteiger partial charge in [-0.05, 0) is 32.2 Å². The number of thiophene rings is 1. The first kappa shape index (κ1) is 16.9. The van der Waals surface area contributed by atoms with Crippen LogP contribution in [0.25, 0.3) is 0 Å². The van der Waals surface area contributed by atoms with Gasteiger partial charge >= 0.3 is 6.03 Å². The van der Waals surface area contributed by atoms with Crippen molar-refractivity contribution in [2.45, 2.75) is 39.3 Å². The largest absolute Gasteiger partial charge is 0.333 e. The van der Waals surface area contributed by atoms with Gasteiger partial charge in [0.2, 0.25) is 0 Å². The third kappa shape index (κ3) is 3.93. The molecule has 8 heteroatoms. The molecule has 0 saturated carbocycles. The number of carbonyl (C=O) groups is 2. The number of amides is 3. The second-order valence-corrected chi connectivity index (χ2v) is 8.70. The van der Waals surface area contributed by atoms with Crippen LogP contribution in [0.4, 0.5) is 9.93 Å². The van der Waals surface area contributed by atoms with Gasteiger partial charge in [0.1, 0.15) is 0 Å². The second-order valence-electron chi connectivity index (χ2n) is 6.67. The first-order chi connectivity index (χ1) is 11.3. The molecule has 0 aromatic carbocycles. The van der Waals surface area contributed by atoms with E-state index in [-0.39, 0.29) is 17.5 Å². The van der Waals surface area contributed by atoms with E-state index in [2.05, 4.69) is 15.6 Å². The fraction of sp³-hybridized carbons (Fsp3) is 0.438. The van der Waals surface area contributed by atoms with E-state index in [1.165, 1.54) is 22.7 Å². The molecular formula is C16H20N4O2S2. The number of nitrogens with one attached hydrogen (secondary N) is 2. The van der Waals surface area contributed by atoms with Gasteiger partial charge < -0.3 is 10.2 Å². The molecule has 0 spiro atoms. The molecule has 2 aromatic heterocycles. The maximum absolute atomic E-state index is 12.3. The summed E-state index contributed by atoms with van der Waals surface area (Å²) in [5, 5.41) is 8.29. The lowest BCUT2D eigenvalue weighted by atomic mass is 10.1. The number of aromatic nitrogens is 1. The Bertz CT molecular complexity index is 747. The minimum Gasteiger partial charge on any atom is -0.333 e. The molecule has 0 unspecified atom stereocenters. The van der Waals surface area contributed by atoms with Crippen molar-refractivity contribution in [3.63, 3.8) is 0 Å². The summed E-state index contributed by atoms with van der Waals surface area (Å²) >= 11 is 2.84. The average molecular weight is 364 g/mol. The molecular weight excluding hydrogens is 344 g/mol. The molecule has 128 valence electrons. The minimum atomic E-state index is -0.259. The molecule has 0 bridgehead atoms. The van der Waals surface area contributed by atoms with Crippen LogP contribution in [0, 0.1) is 0 Å². The molecule has 24 heavy (non-hydrogen) atoms. The van der Waals surface area contributed by atoms with Crippen molar-refractivity contribution in [2.75, 3.05) is 11.9 Å². The Morgan fingerprint density at radius 3 is 2.79 bits per heavy atom. The van der Waals surface area contributed by atoms with Gasteiger partial charge in [-0.3, -0.25) is 10.1 Å². The molecule has 2 aromatic rings. The van der Waals surface area contributed by atoms with Crippen molar-refractivity contribution >= 4 is 39.7 Å². The average Bonchev–Trinajstić information content (AvgIpc) is 3.13. The normalized spacial score (nSPS) is 14.2. The number of carbonyl (C=O) groups excluding carboxylic acids is 2. The van der Waals surface area contributed by atoms with Crippen LogP contribution in [-0.2, 0) is 13.0 Å². The van der Waals surface area contributed by atoms with E-state index in [9.17, 15) is 9.59 Å². The monoisotopic (exact) mass is 364 g/mol. The predicted octanol–water partition coefficient (Wildman–Crippen LogP) is 3.32. The number of thiazole rings is 1. The number of rotatable bonds is 2. The molecule has 1 aliphatic heterocycles. The SMILES string of the molecule is CC(C)(C)NC(=O)N1CCc2nc(NC(=O)c3cccs3)sc2C1. The molecule has 0 atom stereocenters. The van der Waals surface area contributed by atoms with Crippen LogP contribution in [0.5, 0.6) is 0 Å². The van der Waals surface area contributed by atoms with Gasteiger partial charge in [0.15, 0.2) is 5.13 Å². The van der Waals surface area contributed by atoms with Gasteiger partial charge in [-0.15, -0.1) is 11.3 Å². The lowest BCUT2D eigenvalue weighted by Gasteiger charge is -2.30. The number of anilines is 1. The zero-order valence-corrected chi connectivity index (χ0v) is 15.5. The maximum atomic E-state index is 12.3. The molecule has 0 fully saturated rings. The summed E-state index contributed by atoms with van der Waals surface area (Å²) in [4.78, 5) is 32.4. The van der Waals surface area contributed by atoms with Gasteiger partial charge in [0.25, 0.3) is 5.91 Å². The summed E-state index contributed by atoms with van der Waals surface area (Å²) < 4.78 is 0. The lowest BCUT2D eigenvalue weighted by molar-refractivity contribution is 0.103. The summed E-state index contributed by atoms with van der Waals surface area (Å²) in [7, 11) is 0. The minimum absolute atomic E-state index is 0.0641. The number of hydrogen-bond acceptors (Lipinski definition) is 5. The Balaban J connectivity index is 1.66. The topological polar surface area (TPSA) is 74.3 Å². The van der Waals surface area contributed by atoms with Gasteiger partial charge in [-0.2, -0.15) is 0 Å². The Morgan fingerprint density at radius 2 is 2.12 bits per heavy atom. The molecule has 0 aliphatic carbocycles. The van der Waals surface area contributed by atoms with Crippen LogP contribution in [0.15, 0.2) is 17.5 Å². The van der Waals surface area contributed by atoms with Gasteiger partial charge in [-0.1, -0.05) is 17.4 Å². The maximum Gasteiger partial charge on any atom is 0.318 e. The number of urea groups is 1. The van der Waals surface area contributed by atoms with E-state index in [4.69, 9.17) is 0 Å². The molecule has 3 rings (SSSR count). The van der Waals surface area contributed by atoms with Crippen LogP contribution < -0.4 is 10.6 Å². The Labute approximate surface area is 148 Å². The first-order valence-corrected chi connectivity index (χ1v) is 9.42. The van der Waals surface area contributed by atoms with Crippen LogP contribution in [0.2, 0.25) is 0 Å². The highest BCUT2D eigenvalue weighted by Crippen LogP contribution is 2.29. The number of fused-ring (bicyclic) bond motifs is 1. The summed E-state index contributed by atoms with van der Waals surface area (Å²) in [6.45, 7) is 7.06. The summed E-state index contributed by atoms with van der Waals surface area (Å²) in [6.07, 6.45) is 0.707. The Kier molecular flexibility index (Phi) is 4.60. The predicted molar refractivity (Wildman–Crippen MR) is 96.8 cm³/mol. The molecule has 2 N–H and O–H groups in total. The summed E-state index contributed by atoms with van der Waals surface area (Å²) in [6, 6.07) is 3.57. The van der Waals surface area contributed by atoms with Gasteiger partial charge in [0, 0.05) is 23.4 Å². The van der Waals surface area contributed by atoms with Crippen LogP contribution >= 0.6 is 22.7 Å². The van der Waals surface area contributed by atoms with Crippen LogP contribution in [0.3, 0.4) is 0 Å². The smallest absolute Gasteiger partial charge is 0.318 e. The zero-order chi connectivity index (χ0) is 17.3. The third-order valence-electron chi connectivity index (χ3n) is 3.47. The van der Waals surface area contributed by atoms with Gasteiger partial charge in [-0.25, -0.2) is 9.78 Å². The second kappa shape index (κ2) is 6.52. The fourth-order valence-corrected chi connectivity index (χ4v) is 4.03.